The Hall–Kier alpha value is -1.16. The van der Waals surface area contributed by atoms with Gasteiger partial charge >= 0.3 is 0 Å². The van der Waals surface area contributed by atoms with Crippen LogP contribution in [-0.4, -0.2) is 31.0 Å². The fourth-order valence-corrected chi connectivity index (χ4v) is 2.89. The Morgan fingerprint density at radius 1 is 1.00 bits per heavy atom. The SMILES string of the molecule is Cc1c(S(=O)(=O)O)ccc(O)c1S(=O)(=O)O. The summed E-state index contributed by atoms with van der Waals surface area (Å²) in [6.45, 7) is 1.03. The van der Waals surface area contributed by atoms with Gasteiger partial charge in [-0.3, -0.25) is 9.11 Å². The Morgan fingerprint density at radius 2 is 1.50 bits per heavy atom. The highest BCUT2D eigenvalue weighted by Gasteiger charge is 2.25. The van der Waals surface area contributed by atoms with E-state index in [0.29, 0.717) is 0 Å². The Bertz CT molecular complexity index is 627. The molecule has 0 aliphatic heterocycles. The lowest BCUT2D eigenvalue weighted by Crippen LogP contribution is -2.07. The summed E-state index contributed by atoms with van der Waals surface area (Å²) in [5.74, 6) is -0.799. The Labute approximate surface area is 91.8 Å². The van der Waals surface area contributed by atoms with Crippen molar-refractivity contribution in [3.8, 4) is 5.75 Å². The smallest absolute Gasteiger partial charge is 0.298 e. The van der Waals surface area contributed by atoms with Crippen LogP contribution in [0, 0.1) is 6.92 Å². The van der Waals surface area contributed by atoms with E-state index < -0.39 is 41.3 Å². The molecule has 0 spiro atoms. The van der Waals surface area contributed by atoms with Gasteiger partial charge in [0.15, 0.2) is 0 Å². The molecule has 7 nitrogen and oxygen atoms in total. The summed E-state index contributed by atoms with van der Waals surface area (Å²) < 4.78 is 61.0. The van der Waals surface area contributed by atoms with E-state index >= 15 is 0 Å². The number of phenols is 1. The molecule has 16 heavy (non-hydrogen) atoms. The van der Waals surface area contributed by atoms with Gasteiger partial charge in [-0.25, -0.2) is 0 Å². The molecule has 0 aliphatic rings. The van der Waals surface area contributed by atoms with Crippen LogP contribution < -0.4 is 0 Å². The molecule has 90 valence electrons. The van der Waals surface area contributed by atoms with Crippen molar-refractivity contribution >= 4 is 20.2 Å². The van der Waals surface area contributed by atoms with Crippen LogP contribution in [-0.2, 0) is 20.2 Å². The molecule has 0 unspecified atom stereocenters. The Morgan fingerprint density at radius 3 is 1.88 bits per heavy atom. The van der Waals surface area contributed by atoms with E-state index in [0.717, 1.165) is 19.1 Å². The zero-order chi connectivity index (χ0) is 12.7. The second-order valence-electron chi connectivity index (χ2n) is 2.99. The zero-order valence-corrected chi connectivity index (χ0v) is 9.58. The summed E-state index contributed by atoms with van der Waals surface area (Å²) in [4.78, 5) is -1.64. The third-order valence-corrected chi connectivity index (χ3v) is 3.90. The summed E-state index contributed by atoms with van der Waals surface area (Å²) in [6, 6.07) is 1.58. The maximum Gasteiger partial charge on any atom is 0.298 e. The van der Waals surface area contributed by atoms with Crippen molar-refractivity contribution in [1.82, 2.24) is 0 Å². The summed E-state index contributed by atoms with van der Waals surface area (Å²) in [6.07, 6.45) is 0. The summed E-state index contributed by atoms with van der Waals surface area (Å²) in [5, 5.41) is 9.20. The van der Waals surface area contributed by atoms with Crippen LogP contribution in [0.1, 0.15) is 5.56 Å². The van der Waals surface area contributed by atoms with E-state index in [4.69, 9.17) is 9.11 Å². The van der Waals surface area contributed by atoms with Crippen molar-refractivity contribution in [2.24, 2.45) is 0 Å². The number of aromatic hydroxyl groups is 1. The van der Waals surface area contributed by atoms with Gasteiger partial charge in [0, 0.05) is 0 Å². The van der Waals surface area contributed by atoms with E-state index in [9.17, 15) is 21.9 Å². The molecule has 1 rings (SSSR count). The predicted octanol–water partition coefficient (Wildman–Crippen LogP) is 0.194. The summed E-state index contributed by atoms with van der Waals surface area (Å²) >= 11 is 0. The van der Waals surface area contributed by atoms with Gasteiger partial charge in [0.05, 0.1) is 4.90 Å². The van der Waals surface area contributed by atoms with Gasteiger partial charge < -0.3 is 5.11 Å². The third-order valence-electron chi connectivity index (χ3n) is 1.87. The number of hydrogen-bond donors (Lipinski definition) is 3. The first-order valence-electron chi connectivity index (χ1n) is 3.82. The first kappa shape index (κ1) is 12.9. The first-order valence-corrected chi connectivity index (χ1v) is 6.70. The maximum atomic E-state index is 10.9. The molecule has 0 aromatic heterocycles. The minimum atomic E-state index is -4.77. The quantitative estimate of drug-likeness (QED) is 0.653. The molecule has 0 heterocycles. The van der Waals surface area contributed by atoms with Crippen molar-refractivity contribution in [3.63, 3.8) is 0 Å². The summed E-state index contributed by atoms with van der Waals surface area (Å²) in [7, 11) is -9.39. The molecular formula is C7H8O7S2. The zero-order valence-electron chi connectivity index (χ0n) is 7.95. The Kier molecular flexibility index (Phi) is 2.98. The standard InChI is InChI=1S/C7H8O7S2/c1-4-6(15(9,10)11)3-2-5(8)7(4)16(12,13)14/h2-3,8H,1H3,(H,9,10,11)(H,12,13,14). The van der Waals surface area contributed by atoms with Gasteiger partial charge in [-0.05, 0) is 24.6 Å². The van der Waals surface area contributed by atoms with Crippen LogP contribution in [0.15, 0.2) is 21.9 Å². The van der Waals surface area contributed by atoms with E-state index in [1.165, 1.54) is 0 Å². The lowest BCUT2D eigenvalue weighted by Gasteiger charge is -2.08. The van der Waals surface area contributed by atoms with E-state index in [2.05, 4.69) is 0 Å². The van der Waals surface area contributed by atoms with Crippen LogP contribution in [0.25, 0.3) is 0 Å². The summed E-state index contributed by atoms with van der Waals surface area (Å²) in [5.41, 5.74) is -0.454. The molecule has 9 heteroatoms. The van der Waals surface area contributed by atoms with Crippen LogP contribution in [0.4, 0.5) is 0 Å². The highest BCUT2D eigenvalue weighted by molar-refractivity contribution is 7.86. The van der Waals surface area contributed by atoms with Crippen LogP contribution >= 0.6 is 0 Å². The molecule has 0 amide bonds. The largest absolute Gasteiger partial charge is 0.506 e. The van der Waals surface area contributed by atoms with Crippen molar-refractivity contribution in [2.45, 2.75) is 16.7 Å². The maximum absolute atomic E-state index is 10.9. The molecular weight excluding hydrogens is 260 g/mol. The second-order valence-corrected chi connectivity index (χ2v) is 5.74. The molecule has 0 fully saturated rings. The minimum absolute atomic E-state index is 0.454. The minimum Gasteiger partial charge on any atom is -0.506 e. The normalized spacial score (nSPS) is 12.7. The third kappa shape index (κ3) is 2.32. The fourth-order valence-electron chi connectivity index (χ4n) is 1.26. The highest BCUT2D eigenvalue weighted by atomic mass is 32.2. The van der Waals surface area contributed by atoms with E-state index in [1.54, 1.807) is 0 Å². The lowest BCUT2D eigenvalue weighted by atomic mass is 10.2. The number of benzene rings is 1. The molecule has 0 saturated heterocycles. The second kappa shape index (κ2) is 3.70. The molecule has 3 N–H and O–H groups in total. The number of hydrogen-bond acceptors (Lipinski definition) is 5. The monoisotopic (exact) mass is 268 g/mol. The molecule has 0 bridgehead atoms. The van der Waals surface area contributed by atoms with Crippen LogP contribution in [0.2, 0.25) is 0 Å². The van der Waals surface area contributed by atoms with Gasteiger partial charge in [0.2, 0.25) is 0 Å². The van der Waals surface area contributed by atoms with Gasteiger partial charge in [0.25, 0.3) is 20.2 Å². The molecule has 0 saturated carbocycles. The van der Waals surface area contributed by atoms with Gasteiger partial charge in [-0.2, -0.15) is 16.8 Å². The van der Waals surface area contributed by atoms with Crippen molar-refractivity contribution in [1.29, 1.82) is 0 Å². The van der Waals surface area contributed by atoms with Crippen molar-refractivity contribution in [2.75, 3.05) is 0 Å². The molecule has 1 aromatic rings. The number of phenolic OH excluding ortho intramolecular Hbond substituents is 1. The average molecular weight is 268 g/mol. The lowest BCUT2D eigenvalue weighted by molar-refractivity contribution is 0.440. The molecule has 1 aromatic carbocycles. The van der Waals surface area contributed by atoms with Crippen LogP contribution in [0.5, 0.6) is 5.75 Å². The predicted molar refractivity (Wildman–Crippen MR) is 52.5 cm³/mol. The van der Waals surface area contributed by atoms with Gasteiger partial charge in [-0.15, -0.1) is 0 Å². The van der Waals surface area contributed by atoms with Crippen molar-refractivity contribution in [3.05, 3.63) is 17.7 Å². The first-order chi connectivity index (χ1) is 7.05. The number of rotatable bonds is 2. The van der Waals surface area contributed by atoms with E-state index in [1.807, 2.05) is 0 Å². The van der Waals surface area contributed by atoms with Gasteiger partial charge in [0.1, 0.15) is 10.6 Å². The molecule has 0 aliphatic carbocycles. The highest BCUT2D eigenvalue weighted by Crippen LogP contribution is 2.30. The molecule has 0 atom stereocenters. The fraction of sp³-hybridized carbons (Fsp3) is 0.143. The topological polar surface area (TPSA) is 129 Å². The van der Waals surface area contributed by atoms with Crippen molar-refractivity contribution < 1.29 is 31.0 Å². The average Bonchev–Trinajstić information content (AvgIpc) is 1.97. The van der Waals surface area contributed by atoms with E-state index in [-0.39, 0.29) is 0 Å². The molecule has 0 radical (unpaired) electrons. The van der Waals surface area contributed by atoms with Crippen LogP contribution in [0.3, 0.4) is 0 Å². The Balaban J connectivity index is 3.79. The van der Waals surface area contributed by atoms with Gasteiger partial charge in [-0.1, -0.05) is 0 Å².